The number of aryl methyl sites for hydroxylation is 1. The van der Waals surface area contributed by atoms with E-state index in [4.69, 9.17) is 4.74 Å². The summed E-state index contributed by atoms with van der Waals surface area (Å²) in [6, 6.07) is 2.29. The standard InChI is InChI=1S/C25H29FN4O5S/c1-13-17(9-25(2,3)4)36-19(28-13)12-35-24(34)27-10-14-5-6-15-11-30(23(33)20(15)21(14)26)16-7-8-18(31)29-22(16)32/h5-6,16H,7-12H2,1-4H3,(H,27,34)(H,29,31,32). The average Bonchev–Trinajstić information content (AvgIpc) is 3.30. The molecule has 2 aliphatic heterocycles. The van der Waals surface area contributed by atoms with Crippen LogP contribution in [0.25, 0.3) is 0 Å². The van der Waals surface area contributed by atoms with Gasteiger partial charge in [-0.3, -0.25) is 19.7 Å². The summed E-state index contributed by atoms with van der Waals surface area (Å²) < 4.78 is 20.5. The van der Waals surface area contributed by atoms with Crippen LogP contribution >= 0.6 is 11.3 Å². The van der Waals surface area contributed by atoms with Crippen molar-refractivity contribution in [2.24, 2.45) is 5.41 Å². The molecule has 4 amide bonds. The van der Waals surface area contributed by atoms with Gasteiger partial charge in [0.2, 0.25) is 11.8 Å². The van der Waals surface area contributed by atoms with Crippen LogP contribution in [-0.4, -0.2) is 39.7 Å². The van der Waals surface area contributed by atoms with Gasteiger partial charge in [-0.15, -0.1) is 11.3 Å². The summed E-state index contributed by atoms with van der Waals surface area (Å²) in [4.78, 5) is 55.6. The normalized spacial score (nSPS) is 17.8. The molecule has 1 fully saturated rings. The maximum atomic E-state index is 15.2. The Morgan fingerprint density at radius 3 is 2.75 bits per heavy atom. The predicted octanol–water partition coefficient (Wildman–Crippen LogP) is 3.37. The number of nitrogens with one attached hydrogen (secondary N) is 2. The van der Waals surface area contributed by atoms with Gasteiger partial charge in [0.05, 0.1) is 11.3 Å². The van der Waals surface area contributed by atoms with Gasteiger partial charge in [0, 0.05) is 30.0 Å². The molecule has 2 aromatic rings. The number of rotatable bonds is 6. The van der Waals surface area contributed by atoms with Gasteiger partial charge >= 0.3 is 6.09 Å². The predicted molar refractivity (Wildman–Crippen MR) is 129 cm³/mol. The number of hydrogen-bond acceptors (Lipinski definition) is 7. The first-order valence-corrected chi connectivity index (χ1v) is 12.6. The molecule has 0 aliphatic carbocycles. The van der Waals surface area contributed by atoms with Gasteiger partial charge in [0.1, 0.15) is 23.5 Å². The van der Waals surface area contributed by atoms with E-state index in [1.165, 1.54) is 22.3 Å². The fourth-order valence-electron chi connectivity index (χ4n) is 4.33. The fourth-order valence-corrected chi connectivity index (χ4v) is 5.61. The van der Waals surface area contributed by atoms with E-state index < -0.39 is 29.8 Å². The fraction of sp³-hybridized carbons (Fsp3) is 0.480. The molecule has 1 atom stereocenters. The monoisotopic (exact) mass is 516 g/mol. The number of halogens is 1. The minimum atomic E-state index is -0.822. The first kappa shape index (κ1) is 25.7. The van der Waals surface area contributed by atoms with E-state index in [1.54, 1.807) is 6.07 Å². The first-order chi connectivity index (χ1) is 16.9. The second-order valence-electron chi connectivity index (χ2n) is 10.3. The highest BCUT2D eigenvalue weighted by molar-refractivity contribution is 7.11. The summed E-state index contributed by atoms with van der Waals surface area (Å²) in [5.41, 5.74) is 1.51. The molecule has 0 saturated carbocycles. The molecule has 1 aromatic heterocycles. The minimum absolute atomic E-state index is 0.00749. The second-order valence-corrected chi connectivity index (χ2v) is 11.4. The molecule has 9 nitrogen and oxygen atoms in total. The van der Waals surface area contributed by atoms with Crippen molar-refractivity contribution in [1.82, 2.24) is 20.5 Å². The van der Waals surface area contributed by atoms with Gasteiger partial charge in [-0.05, 0) is 30.7 Å². The number of ether oxygens (including phenoxy) is 1. The molecule has 0 radical (unpaired) electrons. The number of piperidine rings is 1. The zero-order valence-corrected chi connectivity index (χ0v) is 21.5. The van der Waals surface area contributed by atoms with Crippen molar-refractivity contribution in [3.8, 4) is 0 Å². The molecule has 4 rings (SSSR count). The Kier molecular flexibility index (Phi) is 7.12. The van der Waals surface area contributed by atoms with Crippen molar-refractivity contribution in [3.63, 3.8) is 0 Å². The van der Waals surface area contributed by atoms with Gasteiger partial charge in [-0.25, -0.2) is 14.2 Å². The molecule has 1 aromatic carbocycles. The molecule has 1 unspecified atom stereocenters. The minimum Gasteiger partial charge on any atom is -0.442 e. The van der Waals surface area contributed by atoms with Crippen LogP contribution in [0.2, 0.25) is 0 Å². The Bertz CT molecular complexity index is 1240. The molecular weight excluding hydrogens is 487 g/mol. The van der Waals surface area contributed by atoms with Crippen LogP contribution in [0.4, 0.5) is 9.18 Å². The summed E-state index contributed by atoms with van der Waals surface area (Å²) in [7, 11) is 0. The molecule has 2 N–H and O–H groups in total. The first-order valence-electron chi connectivity index (χ1n) is 11.7. The third-order valence-electron chi connectivity index (χ3n) is 6.09. The second kappa shape index (κ2) is 9.96. The molecule has 1 saturated heterocycles. The zero-order valence-electron chi connectivity index (χ0n) is 20.7. The summed E-state index contributed by atoms with van der Waals surface area (Å²) in [5.74, 6) is -2.29. The van der Waals surface area contributed by atoms with Crippen LogP contribution in [-0.2, 0) is 40.4 Å². The number of fused-ring (bicyclic) bond motifs is 1. The summed E-state index contributed by atoms with van der Waals surface area (Å²) >= 11 is 1.51. The number of thiazole rings is 1. The van der Waals surface area contributed by atoms with E-state index in [1.807, 2.05) is 6.92 Å². The highest BCUT2D eigenvalue weighted by Gasteiger charge is 2.40. The summed E-state index contributed by atoms with van der Waals surface area (Å²) in [6.07, 6.45) is 0.466. The van der Waals surface area contributed by atoms with Gasteiger partial charge in [-0.1, -0.05) is 32.9 Å². The lowest BCUT2D eigenvalue weighted by Crippen LogP contribution is -2.52. The van der Waals surface area contributed by atoms with Crippen LogP contribution in [0, 0.1) is 18.2 Å². The molecule has 3 heterocycles. The van der Waals surface area contributed by atoms with Crippen LogP contribution in [0.3, 0.4) is 0 Å². The Balaban J connectivity index is 1.35. The highest BCUT2D eigenvalue weighted by atomic mass is 32.1. The molecule has 0 bridgehead atoms. The Hall–Kier alpha value is -3.34. The summed E-state index contributed by atoms with van der Waals surface area (Å²) in [6.45, 7) is 8.29. The van der Waals surface area contributed by atoms with Crippen molar-refractivity contribution >= 4 is 35.2 Å². The Morgan fingerprint density at radius 1 is 1.31 bits per heavy atom. The van der Waals surface area contributed by atoms with Crippen LogP contribution in [0.5, 0.6) is 0 Å². The maximum absolute atomic E-state index is 15.2. The van der Waals surface area contributed by atoms with E-state index in [0.29, 0.717) is 10.6 Å². The van der Waals surface area contributed by atoms with Crippen LogP contribution in [0.1, 0.15) is 70.7 Å². The number of benzene rings is 1. The molecule has 0 spiro atoms. The topological polar surface area (TPSA) is 118 Å². The lowest BCUT2D eigenvalue weighted by Gasteiger charge is -2.29. The van der Waals surface area contributed by atoms with E-state index in [2.05, 4.69) is 36.4 Å². The average molecular weight is 517 g/mol. The van der Waals surface area contributed by atoms with E-state index in [0.717, 1.165) is 17.0 Å². The molecule has 192 valence electrons. The van der Waals surface area contributed by atoms with Crippen molar-refractivity contribution in [1.29, 1.82) is 0 Å². The SMILES string of the molecule is Cc1nc(COC(=O)NCc2ccc3c(c2F)C(=O)N(C2CCC(=O)NC2=O)C3)sc1CC(C)(C)C. The van der Waals surface area contributed by atoms with E-state index in [-0.39, 0.29) is 55.0 Å². The van der Waals surface area contributed by atoms with Gasteiger partial charge < -0.3 is 15.0 Å². The van der Waals surface area contributed by atoms with Crippen molar-refractivity contribution < 1.29 is 28.3 Å². The number of carbonyl (C=O) groups excluding carboxylic acids is 4. The van der Waals surface area contributed by atoms with Crippen LogP contribution < -0.4 is 10.6 Å². The van der Waals surface area contributed by atoms with E-state index in [9.17, 15) is 19.2 Å². The lowest BCUT2D eigenvalue weighted by atomic mass is 9.91. The Labute approximate surface area is 212 Å². The molecule has 11 heteroatoms. The third kappa shape index (κ3) is 5.56. The molecule has 36 heavy (non-hydrogen) atoms. The van der Waals surface area contributed by atoms with E-state index >= 15 is 4.39 Å². The number of amides is 4. The van der Waals surface area contributed by atoms with Gasteiger partial charge in [-0.2, -0.15) is 0 Å². The largest absolute Gasteiger partial charge is 0.442 e. The number of imide groups is 1. The van der Waals surface area contributed by atoms with Gasteiger partial charge in [0.15, 0.2) is 0 Å². The van der Waals surface area contributed by atoms with Gasteiger partial charge in [0.25, 0.3) is 5.91 Å². The molecular formula is C25H29FN4O5S. The number of alkyl carbamates (subject to hydrolysis) is 1. The maximum Gasteiger partial charge on any atom is 0.407 e. The third-order valence-corrected chi connectivity index (χ3v) is 7.22. The number of carbonyl (C=O) groups is 4. The Morgan fingerprint density at radius 2 is 2.06 bits per heavy atom. The lowest BCUT2D eigenvalue weighted by molar-refractivity contribution is -0.136. The number of hydrogen-bond donors (Lipinski definition) is 2. The quantitative estimate of drug-likeness (QED) is 0.569. The smallest absolute Gasteiger partial charge is 0.407 e. The number of aromatic nitrogens is 1. The van der Waals surface area contributed by atoms with Crippen molar-refractivity contribution in [3.05, 3.63) is 50.2 Å². The highest BCUT2D eigenvalue weighted by Crippen LogP contribution is 2.31. The van der Waals surface area contributed by atoms with Crippen molar-refractivity contribution in [2.75, 3.05) is 0 Å². The summed E-state index contributed by atoms with van der Waals surface area (Å²) in [5, 5.41) is 5.42. The van der Waals surface area contributed by atoms with Crippen LogP contribution in [0.15, 0.2) is 12.1 Å². The van der Waals surface area contributed by atoms with Crippen molar-refractivity contribution in [2.45, 2.75) is 72.7 Å². The molecule has 2 aliphatic rings. The zero-order chi connectivity index (χ0) is 26.2. The number of nitrogens with zero attached hydrogens (tertiary/aromatic N) is 2.